The SMILES string of the molecule is C=C/C=C\C=C1\c2cc(-c3cccc(C)c3Sc3ccccc3)ccc2N1C. The summed E-state index contributed by atoms with van der Waals surface area (Å²) in [6.45, 7) is 5.93. The van der Waals surface area contributed by atoms with Gasteiger partial charge in [-0.3, -0.25) is 0 Å². The highest BCUT2D eigenvalue weighted by molar-refractivity contribution is 7.99. The summed E-state index contributed by atoms with van der Waals surface area (Å²) in [5, 5.41) is 0. The summed E-state index contributed by atoms with van der Waals surface area (Å²) in [7, 11) is 2.11. The molecule has 0 bridgehead atoms. The highest BCUT2D eigenvalue weighted by atomic mass is 32.2. The number of hydrogen-bond donors (Lipinski definition) is 0. The fraction of sp³-hybridized carbons (Fsp3) is 0.0769. The second kappa shape index (κ2) is 7.95. The number of benzene rings is 3. The van der Waals surface area contributed by atoms with Gasteiger partial charge in [0.25, 0.3) is 0 Å². The second-order valence-corrected chi connectivity index (χ2v) is 7.91. The van der Waals surface area contributed by atoms with Gasteiger partial charge in [0.15, 0.2) is 0 Å². The van der Waals surface area contributed by atoms with E-state index >= 15 is 0 Å². The Morgan fingerprint density at radius 3 is 2.50 bits per heavy atom. The normalized spacial score (nSPS) is 14.2. The van der Waals surface area contributed by atoms with Gasteiger partial charge in [-0.05, 0) is 54.0 Å². The van der Waals surface area contributed by atoms with Crippen LogP contribution in [0.15, 0.2) is 107 Å². The van der Waals surface area contributed by atoms with Crippen molar-refractivity contribution in [1.29, 1.82) is 0 Å². The summed E-state index contributed by atoms with van der Waals surface area (Å²) in [4.78, 5) is 4.80. The van der Waals surface area contributed by atoms with Gasteiger partial charge < -0.3 is 4.90 Å². The molecule has 138 valence electrons. The number of rotatable bonds is 5. The molecule has 0 fully saturated rings. The molecule has 3 aromatic rings. The van der Waals surface area contributed by atoms with E-state index in [9.17, 15) is 0 Å². The monoisotopic (exact) mass is 381 g/mol. The summed E-state index contributed by atoms with van der Waals surface area (Å²) in [6, 6.07) is 23.9. The molecule has 0 aromatic heterocycles. The van der Waals surface area contributed by atoms with Gasteiger partial charge in [-0.1, -0.05) is 79.0 Å². The van der Waals surface area contributed by atoms with Gasteiger partial charge in [-0.2, -0.15) is 0 Å². The fourth-order valence-electron chi connectivity index (χ4n) is 3.51. The number of nitrogens with zero attached hydrogens (tertiary/aromatic N) is 1. The van der Waals surface area contributed by atoms with Crippen molar-refractivity contribution in [3.05, 3.63) is 109 Å². The molecular formula is C26H23NS. The first-order chi connectivity index (χ1) is 13.7. The molecule has 0 spiro atoms. The zero-order chi connectivity index (χ0) is 19.5. The van der Waals surface area contributed by atoms with Gasteiger partial charge >= 0.3 is 0 Å². The van der Waals surface area contributed by atoms with Crippen LogP contribution < -0.4 is 4.90 Å². The average molecular weight is 382 g/mol. The van der Waals surface area contributed by atoms with E-state index in [0.29, 0.717) is 0 Å². The van der Waals surface area contributed by atoms with Crippen molar-refractivity contribution in [3.63, 3.8) is 0 Å². The number of fused-ring (bicyclic) bond motifs is 1. The van der Waals surface area contributed by atoms with Crippen LogP contribution in [-0.4, -0.2) is 7.05 Å². The number of aryl methyl sites for hydroxylation is 1. The average Bonchev–Trinajstić information content (AvgIpc) is 2.73. The second-order valence-electron chi connectivity index (χ2n) is 6.83. The summed E-state index contributed by atoms with van der Waals surface area (Å²) in [5.41, 5.74) is 7.65. The quantitative estimate of drug-likeness (QED) is 0.425. The highest BCUT2D eigenvalue weighted by Gasteiger charge is 2.25. The van der Waals surface area contributed by atoms with Crippen molar-refractivity contribution in [2.24, 2.45) is 0 Å². The molecule has 1 heterocycles. The van der Waals surface area contributed by atoms with Crippen molar-refractivity contribution < 1.29 is 0 Å². The maximum Gasteiger partial charge on any atom is 0.0503 e. The Morgan fingerprint density at radius 2 is 1.71 bits per heavy atom. The van der Waals surface area contributed by atoms with Crippen LogP contribution in [0, 0.1) is 6.92 Å². The maximum absolute atomic E-state index is 3.74. The Bertz CT molecular complexity index is 1080. The Kier molecular flexibility index (Phi) is 5.23. The van der Waals surface area contributed by atoms with Crippen LogP contribution in [0.1, 0.15) is 11.1 Å². The smallest absolute Gasteiger partial charge is 0.0503 e. The molecule has 0 N–H and O–H groups in total. The van der Waals surface area contributed by atoms with Crippen LogP contribution in [0.5, 0.6) is 0 Å². The van der Waals surface area contributed by atoms with Gasteiger partial charge in [0.1, 0.15) is 0 Å². The molecule has 1 aliphatic heterocycles. The summed E-state index contributed by atoms with van der Waals surface area (Å²) in [5.74, 6) is 0. The van der Waals surface area contributed by atoms with Gasteiger partial charge in [-0.25, -0.2) is 0 Å². The summed E-state index contributed by atoms with van der Waals surface area (Å²) in [6.07, 6.45) is 7.94. The van der Waals surface area contributed by atoms with E-state index in [4.69, 9.17) is 0 Å². The van der Waals surface area contributed by atoms with Gasteiger partial charge in [-0.15, -0.1) is 0 Å². The Labute approximate surface area is 171 Å². The van der Waals surface area contributed by atoms with Crippen molar-refractivity contribution in [3.8, 4) is 11.1 Å². The lowest BCUT2D eigenvalue weighted by atomic mass is 9.93. The molecule has 4 rings (SSSR count). The lowest BCUT2D eigenvalue weighted by Crippen LogP contribution is -2.26. The summed E-state index contributed by atoms with van der Waals surface area (Å²) < 4.78 is 0. The lowest BCUT2D eigenvalue weighted by molar-refractivity contribution is 1.14. The Balaban J connectivity index is 1.75. The minimum atomic E-state index is 1.24. The first-order valence-corrected chi connectivity index (χ1v) is 10.2. The van der Waals surface area contributed by atoms with E-state index in [1.165, 1.54) is 43.4 Å². The zero-order valence-corrected chi connectivity index (χ0v) is 17.0. The number of allylic oxidation sites excluding steroid dienone is 4. The van der Waals surface area contributed by atoms with Crippen LogP contribution in [0.3, 0.4) is 0 Å². The largest absolute Gasteiger partial charge is 0.344 e. The van der Waals surface area contributed by atoms with E-state index < -0.39 is 0 Å². The predicted octanol–water partition coefficient (Wildman–Crippen LogP) is 7.35. The molecular weight excluding hydrogens is 358 g/mol. The van der Waals surface area contributed by atoms with Crippen LogP contribution in [-0.2, 0) is 0 Å². The van der Waals surface area contributed by atoms with Crippen molar-refractivity contribution in [1.82, 2.24) is 0 Å². The molecule has 3 aromatic carbocycles. The molecule has 0 radical (unpaired) electrons. The number of anilines is 1. The molecule has 28 heavy (non-hydrogen) atoms. The predicted molar refractivity (Wildman–Crippen MR) is 123 cm³/mol. The molecule has 0 amide bonds. The summed E-state index contributed by atoms with van der Waals surface area (Å²) >= 11 is 1.83. The van der Waals surface area contributed by atoms with Gasteiger partial charge in [0, 0.05) is 22.4 Å². The first kappa shape index (κ1) is 18.4. The minimum absolute atomic E-state index is 1.24. The Hall–Kier alpha value is -2.97. The molecule has 0 aliphatic carbocycles. The van der Waals surface area contributed by atoms with E-state index in [2.05, 4.69) is 98.3 Å². The minimum Gasteiger partial charge on any atom is -0.344 e. The Morgan fingerprint density at radius 1 is 0.893 bits per heavy atom. The molecule has 0 saturated carbocycles. The molecule has 2 heteroatoms. The zero-order valence-electron chi connectivity index (χ0n) is 16.2. The third-order valence-electron chi connectivity index (χ3n) is 4.98. The number of hydrogen-bond acceptors (Lipinski definition) is 2. The van der Waals surface area contributed by atoms with Crippen LogP contribution in [0.25, 0.3) is 16.8 Å². The highest BCUT2D eigenvalue weighted by Crippen LogP contribution is 2.45. The van der Waals surface area contributed by atoms with Crippen LogP contribution >= 0.6 is 11.8 Å². The first-order valence-electron chi connectivity index (χ1n) is 9.39. The van der Waals surface area contributed by atoms with E-state index in [-0.39, 0.29) is 0 Å². The molecule has 0 unspecified atom stereocenters. The van der Waals surface area contributed by atoms with Gasteiger partial charge in [0.2, 0.25) is 0 Å². The van der Waals surface area contributed by atoms with Crippen molar-refractivity contribution in [2.45, 2.75) is 16.7 Å². The molecule has 0 atom stereocenters. The van der Waals surface area contributed by atoms with Crippen LogP contribution in [0.4, 0.5) is 5.69 Å². The van der Waals surface area contributed by atoms with E-state index in [1.807, 2.05) is 23.9 Å². The van der Waals surface area contributed by atoms with E-state index in [0.717, 1.165) is 0 Å². The topological polar surface area (TPSA) is 3.24 Å². The van der Waals surface area contributed by atoms with E-state index in [1.54, 1.807) is 6.08 Å². The van der Waals surface area contributed by atoms with Crippen molar-refractivity contribution >= 4 is 23.1 Å². The molecule has 1 nitrogen and oxygen atoms in total. The van der Waals surface area contributed by atoms with Crippen molar-refractivity contribution in [2.75, 3.05) is 11.9 Å². The fourth-order valence-corrected chi connectivity index (χ4v) is 4.56. The van der Waals surface area contributed by atoms with Crippen LogP contribution in [0.2, 0.25) is 0 Å². The molecule has 1 aliphatic rings. The third kappa shape index (κ3) is 3.44. The maximum atomic E-state index is 3.74. The lowest BCUT2D eigenvalue weighted by Gasteiger charge is -2.36. The van der Waals surface area contributed by atoms with Gasteiger partial charge in [0.05, 0.1) is 11.4 Å². The molecule has 0 saturated heterocycles. The third-order valence-corrected chi connectivity index (χ3v) is 6.24. The standard InChI is InChI=1S/C26H23NS/c1-4-5-7-15-24-23-18-20(16-17-25(23)27(24)3)22-14-10-11-19(2)26(22)28-21-12-8-6-9-13-21/h4-18H,1H2,2-3H3/b7-5-,24-15-.